The second-order valence-electron chi connectivity index (χ2n) is 5.03. The first-order chi connectivity index (χ1) is 11.4. The molecule has 0 fully saturated rings. The van der Waals surface area contributed by atoms with Gasteiger partial charge >= 0.3 is 12.1 Å². The summed E-state index contributed by atoms with van der Waals surface area (Å²) in [6.45, 7) is 2.15. The number of carbonyl (C=O) groups excluding carboxylic acids is 1. The predicted molar refractivity (Wildman–Crippen MR) is 84.1 cm³/mol. The van der Waals surface area contributed by atoms with Crippen LogP contribution in [0.25, 0.3) is 10.9 Å². The number of esters is 1. The second-order valence-corrected chi connectivity index (χ2v) is 6.01. The lowest BCUT2D eigenvalue weighted by Gasteiger charge is -2.09. The molecule has 0 aliphatic carbocycles. The Labute approximate surface area is 139 Å². The number of carbonyl (C=O) groups is 1. The maximum atomic E-state index is 12.9. The summed E-state index contributed by atoms with van der Waals surface area (Å²) in [4.78, 5) is 16.3. The number of nitrogens with zero attached hydrogens (tertiary/aromatic N) is 2. The number of ether oxygens (including phenoxy) is 1. The molecule has 0 saturated heterocycles. The number of hydrogen-bond acceptors (Lipinski definition) is 4. The average Bonchev–Trinajstić information content (AvgIpc) is 3.15. The van der Waals surface area contributed by atoms with Crippen LogP contribution in [-0.4, -0.2) is 22.1 Å². The van der Waals surface area contributed by atoms with Crippen LogP contribution in [0.5, 0.6) is 0 Å². The van der Waals surface area contributed by atoms with E-state index < -0.39 is 17.7 Å². The van der Waals surface area contributed by atoms with Crippen molar-refractivity contribution in [2.75, 3.05) is 6.61 Å². The molecule has 0 bridgehead atoms. The van der Waals surface area contributed by atoms with E-state index in [1.165, 1.54) is 23.5 Å². The first-order valence-electron chi connectivity index (χ1n) is 7.16. The van der Waals surface area contributed by atoms with Gasteiger partial charge in [-0.1, -0.05) is 0 Å². The van der Waals surface area contributed by atoms with Crippen LogP contribution in [0, 0.1) is 0 Å². The van der Waals surface area contributed by atoms with Gasteiger partial charge in [0.25, 0.3) is 0 Å². The zero-order chi connectivity index (χ0) is 17.3. The van der Waals surface area contributed by atoms with Crippen molar-refractivity contribution in [2.45, 2.75) is 19.6 Å². The van der Waals surface area contributed by atoms with E-state index in [0.717, 1.165) is 17.1 Å². The summed E-state index contributed by atoms with van der Waals surface area (Å²) in [5, 5.41) is 2.88. The Morgan fingerprint density at radius 2 is 2.12 bits per heavy atom. The SMILES string of the molecule is CCOC(=O)c1cc2cc(C(F)(F)F)ccc2n1Cc1nccs1. The van der Waals surface area contributed by atoms with Crippen LogP contribution in [0.1, 0.15) is 28.0 Å². The Kier molecular flexibility index (Phi) is 4.31. The zero-order valence-electron chi connectivity index (χ0n) is 12.6. The molecular formula is C16H13F3N2O2S. The first-order valence-corrected chi connectivity index (χ1v) is 8.04. The van der Waals surface area contributed by atoms with Crippen molar-refractivity contribution < 1.29 is 22.7 Å². The van der Waals surface area contributed by atoms with Gasteiger partial charge < -0.3 is 9.30 Å². The molecule has 24 heavy (non-hydrogen) atoms. The molecule has 0 aliphatic heterocycles. The lowest BCUT2D eigenvalue weighted by atomic mass is 10.1. The highest BCUT2D eigenvalue weighted by Gasteiger charge is 2.31. The highest BCUT2D eigenvalue weighted by Crippen LogP contribution is 2.33. The average molecular weight is 354 g/mol. The van der Waals surface area contributed by atoms with Gasteiger partial charge in [-0.2, -0.15) is 13.2 Å². The Bertz CT molecular complexity index is 869. The summed E-state index contributed by atoms with van der Waals surface area (Å²) in [5.41, 5.74) is -0.0144. The largest absolute Gasteiger partial charge is 0.461 e. The Hall–Kier alpha value is -2.35. The molecule has 4 nitrogen and oxygen atoms in total. The molecule has 3 aromatic rings. The van der Waals surface area contributed by atoms with Crippen molar-refractivity contribution in [2.24, 2.45) is 0 Å². The van der Waals surface area contributed by atoms with Gasteiger partial charge in [0.1, 0.15) is 10.7 Å². The topological polar surface area (TPSA) is 44.1 Å². The van der Waals surface area contributed by atoms with Crippen molar-refractivity contribution in [3.05, 3.63) is 52.1 Å². The highest BCUT2D eigenvalue weighted by atomic mass is 32.1. The molecular weight excluding hydrogens is 341 g/mol. The van der Waals surface area contributed by atoms with Gasteiger partial charge in [0.15, 0.2) is 0 Å². The summed E-state index contributed by atoms with van der Waals surface area (Å²) in [6, 6.07) is 4.84. The van der Waals surface area contributed by atoms with Crippen LogP contribution < -0.4 is 0 Å². The molecule has 2 heterocycles. The summed E-state index contributed by atoms with van der Waals surface area (Å²) < 4.78 is 45.3. The van der Waals surface area contributed by atoms with E-state index in [2.05, 4.69) is 4.98 Å². The smallest absolute Gasteiger partial charge is 0.416 e. The number of rotatable bonds is 4. The monoisotopic (exact) mass is 354 g/mol. The third-order valence-corrected chi connectivity index (χ3v) is 4.25. The lowest BCUT2D eigenvalue weighted by Crippen LogP contribution is -2.12. The number of benzene rings is 1. The number of aromatic nitrogens is 2. The molecule has 0 unspecified atom stereocenters. The van der Waals surface area contributed by atoms with E-state index >= 15 is 0 Å². The minimum Gasteiger partial charge on any atom is -0.461 e. The zero-order valence-corrected chi connectivity index (χ0v) is 13.4. The highest BCUT2D eigenvalue weighted by molar-refractivity contribution is 7.09. The van der Waals surface area contributed by atoms with Gasteiger partial charge in [0.05, 0.1) is 18.7 Å². The molecule has 0 amide bonds. The fourth-order valence-corrected chi connectivity index (χ4v) is 3.06. The number of hydrogen-bond donors (Lipinski definition) is 0. The minimum absolute atomic E-state index is 0.186. The minimum atomic E-state index is -4.43. The molecule has 0 saturated carbocycles. The quantitative estimate of drug-likeness (QED) is 0.655. The van der Waals surface area contributed by atoms with Crippen LogP contribution in [-0.2, 0) is 17.5 Å². The first kappa shape index (κ1) is 16.5. The van der Waals surface area contributed by atoms with Crippen molar-refractivity contribution in [1.82, 2.24) is 9.55 Å². The van der Waals surface area contributed by atoms with E-state index in [1.54, 1.807) is 23.1 Å². The standard InChI is InChI=1S/C16H13F3N2O2S/c1-2-23-15(22)13-8-10-7-11(16(17,18)19)3-4-12(10)21(13)9-14-20-5-6-24-14/h3-8H,2,9H2,1H3. The summed E-state index contributed by atoms with van der Waals surface area (Å²) in [7, 11) is 0. The fourth-order valence-electron chi connectivity index (χ4n) is 2.46. The predicted octanol–water partition coefficient (Wildman–Crippen LogP) is 4.34. The molecule has 0 N–H and O–H groups in total. The van der Waals surface area contributed by atoms with Crippen molar-refractivity contribution in [3.63, 3.8) is 0 Å². The van der Waals surface area contributed by atoms with E-state index in [9.17, 15) is 18.0 Å². The Morgan fingerprint density at radius 1 is 1.33 bits per heavy atom. The van der Waals surface area contributed by atoms with Gasteiger partial charge in [-0.3, -0.25) is 0 Å². The number of halogens is 3. The molecule has 0 spiro atoms. The third kappa shape index (κ3) is 3.14. The van der Waals surface area contributed by atoms with E-state index in [4.69, 9.17) is 4.74 Å². The molecule has 0 radical (unpaired) electrons. The summed E-state index contributed by atoms with van der Waals surface area (Å²) in [5.74, 6) is -0.571. The molecule has 0 atom stereocenters. The summed E-state index contributed by atoms with van der Waals surface area (Å²) in [6.07, 6.45) is -2.80. The maximum absolute atomic E-state index is 12.9. The number of alkyl halides is 3. The van der Waals surface area contributed by atoms with Crippen molar-refractivity contribution in [1.29, 1.82) is 0 Å². The lowest BCUT2D eigenvalue weighted by molar-refractivity contribution is -0.137. The second kappa shape index (κ2) is 6.27. The van der Waals surface area contributed by atoms with E-state index in [0.29, 0.717) is 17.4 Å². The van der Waals surface area contributed by atoms with Gasteiger partial charge in [-0.25, -0.2) is 9.78 Å². The molecule has 0 aliphatic rings. The molecule has 3 rings (SSSR count). The summed E-state index contributed by atoms with van der Waals surface area (Å²) >= 11 is 1.41. The van der Waals surface area contributed by atoms with E-state index in [-0.39, 0.29) is 12.3 Å². The Balaban J connectivity index is 2.13. The van der Waals surface area contributed by atoms with Gasteiger partial charge in [0, 0.05) is 22.5 Å². The van der Waals surface area contributed by atoms with Crippen LogP contribution in [0.2, 0.25) is 0 Å². The molecule has 1 aromatic carbocycles. The number of fused-ring (bicyclic) bond motifs is 1. The molecule has 8 heteroatoms. The van der Waals surface area contributed by atoms with Crippen molar-refractivity contribution >= 4 is 28.2 Å². The van der Waals surface area contributed by atoms with Gasteiger partial charge in [0.2, 0.25) is 0 Å². The normalized spacial score (nSPS) is 11.8. The van der Waals surface area contributed by atoms with Crippen LogP contribution in [0.3, 0.4) is 0 Å². The van der Waals surface area contributed by atoms with Crippen LogP contribution in [0.4, 0.5) is 13.2 Å². The Morgan fingerprint density at radius 3 is 2.75 bits per heavy atom. The maximum Gasteiger partial charge on any atom is 0.416 e. The molecule has 126 valence electrons. The van der Waals surface area contributed by atoms with Crippen LogP contribution >= 0.6 is 11.3 Å². The van der Waals surface area contributed by atoms with E-state index in [1.807, 2.05) is 0 Å². The third-order valence-electron chi connectivity index (χ3n) is 3.49. The fraction of sp³-hybridized carbons (Fsp3) is 0.250. The van der Waals surface area contributed by atoms with Crippen molar-refractivity contribution in [3.8, 4) is 0 Å². The van der Waals surface area contributed by atoms with Crippen LogP contribution in [0.15, 0.2) is 35.8 Å². The molecule has 2 aromatic heterocycles. The van der Waals surface area contributed by atoms with Gasteiger partial charge in [-0.15, -0.1) is 11.3 Å². The van der Waals surface area contributed by atoms with Gasteiger partial charge in [-0.05, 0) is 31.2 Å². The number of thiazole rings is 1.